The molecule has 0 saturated heterocycles. The molecule has 1 aliphatic rings. The summed E-state index contributed by atoms with van der Waals surface area (Å²) in [7, 11) is 0. The van der Waals surface area contributed by atoms with Crippen molar-refractivity contribution in [1.29, 1.82) is 0 Å². The van der Waals surface area contributed by atoms with E-state index >= 15 is 0 Å². The zero-order chi connectivity index (χ0) is 17.6. The molecule has 5 nitrogen and oxygen atoms in total. The molecule has 5 heteroatoms. The van der Waals surface area contributed by atoms with Crippen LogP contribution in [-0.4, -0.2) is 32.7 Å². The number of hydrogen-bond acceptors (Lipinski definition) is 5. The highest BCUT2D eigenvalue weighted by atomic mass is 16.3. The maximum Gasteiger partial charge on any atom is 0.163 e. The lowest BCUT2D eigenvalue weighted by Crippen LogP contribution is -2.24. The first kappa shape index (κ1) is 17.8. The minimum atomic E-state index is -0.103. The third kappa shape index (κ3) is 4.54. The molecule has 0 radical (unpaired) electrons. The van der Waals surface area contributed by atoms with Crippen LogP contribution in [0.5, 0.6) is 0 Å². The smallest absolute Gasteiger partial charge is 0.163 e. The van der Waals surface area contributed by atoms with E-state index in [9.17, 15) is 5.11 Å². The van der Waals surface area contributed by atoms with Crippen LogP contribution in [0.2, 0.25) is 0 Å². The average molecular weight is 340 g/mol. The zero-order valence-electron chi connectivity index (χ0n) is 15.2. The first-order valence-electron chi connectivity index (χ1n) is 9.32. The number of nitrogens with zero attached hydrogens (tertiary/aromatic N) is 3. The second-order valence-corrected chi connectivity index (χ2v) is 7.03. The second-order valence-electron chi connectivity index (χ2n) is 7.03. The highest BCUT2D eigenvalue weighted by Crippen LogP contribution is 2.28. The molecule has 0 amide bonds. The molecule has 134 valence electrons. The summed E-state index contributed by atoms with van der Waals surface area (Å²) >= 11 is 0. The van der Waals surface area contributed by atoms with Crippen LogP contribution in [0, 0.1) is 19.8 Å². The first-order chi connectivity index (χ1) is 12.1. The molecule has 0 spiro atoms. The Morgan fingerprint density at radius 3 is 2.80 bits per heavy atom. The van der Waals surface area contributed by atoms with E-state index in [2.05, 4.69) is 22.2 Å². The summed E-state index contributed by atoms with van der Waals surface area (Å²) in [5.74, 6) is 2.08. The second kappa shape index (κ2) is 8.39. The molecule has 0 aromatic carbocycles. The van der Waals surface area contributed by atoms with E-state index in [0.717, 1.165) is 54.9 Å². The molecule has 3 rings (SSSR count). The number of aliphatic hydroxyl groups excluding tert-OH is 1. The number of anilines is 1. The van der Waals surface area contributed by atoms with Gasteiger partial charge in [0.2, 0.25) is 0 Å². The third-order valence-electron chi connectivity index (χ3n) is 5.22. The van der Waals surface area contributed by atoms with Crippen molar-refractivity contribution in [2.45, 2.75) is 58.5 Å². The lowest BCUT2D eigenvalue weighted by molar-refractivity contribution is 0.0648. The van der Waals surface area contributed by atoms with Gasteiger partial charge in [0, 0.05) is 35.8 Å². The molecule has 0 bridgehead atoms. The fourth-order valence-electron chi connectivity index (χ4n) is 3.52. The first-order valence-corrected chi connectivity index (χ1v) is 9.32. The summed E-state index contributed by atoms with van der Waals surface area (Å²) in [5, 5.41) is 13.5. The van der Waals surface area contributed by atoms with E-state index in [1.54, 1.807) is 12.4 Å². The normalized spacial score (nSPS) is 20.4. The van der Waals surface area contributed by atoms with Crippen molar-refractivity contribution in [3.8, 4) is 11.4 Å². The van der Waals surface area contributed by atoms with Crippen molar-refractivity contribution >= 4 is 5.82 Å². The van der Waals surface area contributed by atoms with Gasteiger partial charge in [0.1, 0.15) is 5.82 Å². The van der Waals surface area contributed by atoms with Gasteiger partial charge in [0.05, 0.1) is 6.10 Å². The van der Waals surface area contributed by atoms with E-state index in [-0.39, 0.29) is 6.10 Å². The molecule has 2 atom stereocenters. The number of aryl methyl sites for hydroxylation is 1. The molecule has 2 N–H and O–H groups in total. The molecule has 1 aliphatic carbocycles. The van der Waals surface area contributed by atoms with Crippen LogP contribution in [0.1, 0.15) is 49.8 Å². The molecular weight excluding hydrogens is 312 g/mol. The Kier molecular flexibility index (Phi) is 5.97. The molecule has 2 aromatic heterocycles. The Hall–Kier alpha value is -2.01. The van der Waals surface area contributed by atoms with Crippen LogP contribution in [0.15, 0.2) is 24.5 Å². The van der Waals surface area contributed by atoms with Gasteiger partial charge in [-0.15, -0.1) is 0 Å². The van der Waals surface area contributed by atoms with Gasteiger partial charge in [-0.1, -0.05) is 12.8 Å². The summed E-state index contributed by atoms with van der Waals surface area (Å²) in [5.41, 5.74) is 3.00. The summed E-state index contributed by atoms with van der Waals surface area (Å²) in [6.07, 6.45) is 10.1. The zero-order valence-corrected chi connectivity index (χ0v) is 15.2. The fourth-order valence-corrected chi connectivity index (χ4v) is 3.52. The molecule has 0 aliphatic heterocycles. The topological polar surface area (TPSA) is 70.9 Å². The number of aromatic nitrogens is 3. The van der Waals surface area contributed by atoms with Gasteiger partial charge in [-0.25, -0.2) is 9.97 Å². The van der Waals surface area contributed by atoms with E-state index < -0.39 is 0 Å². The number of hydrogen-bond donors (Lipinski definition) is 2. The molecule has 1 fully saturated rings. The minimum absolute atomic E-state index is 0.103. The quantitative estimate of drug-likeness (QED) is 0.781. The third-order valence-corrected chi connectivity index (χ3v) is 5.22. The number of rotatable bonds is 6. The van der Waals surface area contributed by atoms with E-state index in [4.69, 9.17) is 4.98 Å². The average Bonchev–Trinajstić information content (AvgIpc) is 2.64. The van der Waals surface area contributed by atoms with Gasteiger partial charge >= 0.3 is 0 Å². The van der Waals surface area contributed by atoms with Crippen molar-refractivity contribution in [1.82, 2.24) is 15.0 Å². The maximum atomic E-state index is 10.1. The maximum absolute atomic E-state index is 10.1. The summed E-state index contributed by atoms with van der Waals surface area (Å²) in [6.45, 7) is 4.93. The number of pyridine rings is 1. The van der Waals surface area contributed by atoms with Crippen LogP contribution in [-0.2, 0) is 0 Å². The minimum Gasteiger partial charge on any atom is -0.393 e. The van der Waals surface area contributed by atoms with Crippen LogP contribution in [0.4, 0.5) is 5.82 Å². The SMILES string of the molecule is Cc1nc(-c2cccnc2)nc(NCCCC2CCCCC2O)c1C. The van der Waals surface area contributed by atoms with Gasteiger partial charge in [-0.2, -0.15) is 0 Å². The Bertz CT molecular complexity index is 690. The van der Waals surface area contributed by atoms with Gasteiger partial charge in [-0.05, 0) is 57.6 Å². The number of nitrogens with one attached hydrogen (secondary N) is 1. The molecule has 1 saturated carbocycles. The Labute approximate surface area is 150 Å². The fraction of sp³-hybridized carbons (Fsp3) is 0.550. The van der Waals surface area contributed by atoms with Crippen molar-refractivity contribution in [2.75, 3.05) is 11.9 Å². The van der Waals surface area contributed by atoms with Crippen LogP contribution < -0.4 is 5.32 Å². The summed E-state index contributed by atoms with van der Waals surface area (Å²) < 4.78 is 0. The molecular formula is C20H28N4O. The Morgan fingerprint density at radius 2 is 2.04 bits per heavy atom. The largest absolute Gasteiger partial charge is 0.393 e. The van der Waals surface area contributed by atoms with Gasteiger partial charge in [0.25, 0.3) is 0 Å². The molecule has 25 heavy (non-hydrogen) atoms. The predicted molar refractivity (Wildman–Crippen MR) is 100 cm³/mol. The van der Waals surface area contributed by atoms with Crippen LogP contribution >= 0.6 is 0 Å². The van der Waals surface area contributed by atoms with Crippen molar-refractivity contribution in [3.05, 3.63) is 35.8 Å². The monoisotopic (exact) mass is 340 g/mol. The predicted octanol–water partition coefficient (Wildman–Crippen LogP) is 3.90. The summed E-state index contributed by atoms with van der Waals surface area (Å²) in [4.78, 5) is 13.4. The molecule has 2 heterocycles. The van der Waals surface area contributed by atoms with Gasteiger partial charge in [0.15, 0.2) is 5.82 Å². The van der Waals surface area contributed by atoms with Crippen LogP contribution in [0.25, 0.3) is 11.4 Å². The highest BCUT2D eigenvalue weighted by molar-refractivity contribution is 5.58. The highest BCUT2D eigenvalue weighted by Gasteiger charge is 2.22. The Morgan fingerprint density at radius 1 is 1.20 bits per heavy atom. The Balaban J connectivity index is 1.61. The van der Waals surface area contributed by atoms with Crippen LogP contribution in [0.3, 0.4) is 0 Å². The number of aliphatic hydroxyl groups is 1. The molecule has 2 unspecified atom stereocenters. The van der Waals surface area contributed by atoms with E-state index in [1.807, 2.05) is 19.1 Å². The standard InChI is InChI=1S/C20H28N4O/c1-14-15(2)23-20(17-9-5-11-21-13-17)24-19(14)22-12-6-8-16-7-3-4-10-18(16)25/h5,9,11,13,16,18,25H,3-4,6-8,10,12H2,1-2H3,(H,22,23,24). The van der Waals surface area contributed by atoms with Crippen molar-refractivity contribution in [2.24, 2.45) is 5.92 Å². The summed E-state index contributed by atoms with van der Waals surface area (Å²) in [6, 6.07) is 3.88. The van der Waals surface area contributed by atoms with Crippen molar-refractivity contribution in [3.63, 3.8) is 0 Å². The lowest BCUT2D eigenvalue weighted by atomic mass is 9.83. The van der Waals surface area contributed by atoms with Gasteiger partial charge in [-0.3, -0.25) is 4.98 Å². The lowest BCUT2D eigenvalue weighted by Gasteiger charge is -2.27. The molecule has 2 aromatic rings. The van der Waals surface area contributed by atoms with Gasteiger partial charge < -0.3 is 10.4 Å². The van der Waals surface area contributed by atoms with E-state index in [0.29, 0.717) is 11.7 Å². The van der Waals surface area contributed by atoms with E-state index in [1.165, 1.54) is 12.8 Å². The van der Waals surface area contributed by atoms with Crippen molar-refractivity contribution < 1.29 is 5.11 Å².